The number of amides is 2. The molecule has 1 spiro atoms. The summed E-state index contributed by atoms with van der Waals surface area (Å²) in [5.74, 6) is 0.777. The van der Waals surface area contributed by atoms with Gasteiger partial charge in [-0.25, -0.2) is 4.79 Å². The minimum atomic E-state index is -0.582. The summed E-state index contributed by atoms with van der Waals surface area (Å²) in [6.45, 7) is 3.52. The van der Waals surface area contributed by atoms with Crippen LogP contribution in [-0.2, 0) is 6.54 Å². The lowest BCUT2D eigenvalue weighted by Crippen LogP contribution is -2.45. The minimum Gasteiger partial charge on any atom is -0.459 e. The summed E-state index contributed by atoms with van der Waals surface area (Å²) in [6, 6.07) is 10.0. The molecule has 1 aliphatic heterocycles. The molecule has 1 aromatic carbocycles. The van der Waals surface area contributed by atoms with Gasteiger partial charge in [-0.3, -0.25) is 0 Å². The number of furan rings is 1. The van der Waals surface area contributed by atoms with Gasteiger partial charge in [0.25, 0.3) is 0 Å². The van der Waals surface area contributed by atoms with Gasteiger partial charge in [-0.05, 0) is 37.7 Å². The Hall–Kier alpha value is -2.52. The Kier molecular flexibility index (Phi) is 3.92. The minimum absolute atomic E-state index is 0.0823. The van der Waals surface area contributed by atoms with E-state index in [-0.39, 0.29) is 18.1 Å². The number of aryl methyl sites for hydroxylation is 1. The molecule has 0 radical (unpaired) electrons. The van der Waals surface area contributed by atoms with Crippen molar-refractivity contribution in [3.8, 4) is 6.07 Å². The summed E-state index contributed by atoms with van der Waals surface area (Å²) in [6.07, 6.45) is 2.30. The van der Waals surface area contributed by atoms with Gasteiger partial charge in [-0.15, -0.1) is 0 Å². The number of carbonyl (C=O) groups excluding carboxylic acids is 1. The molecule has 1 atom stereocenters. The number of piperidine rings is 1. The second kappa shape index (κ2) is 6.03. The third-order valence-corrected chi connectivity index (χ3v) is 6.36. The Balaban J connectivity index is 1.35. The molecule has 2 fully saturated rings. The fourth-order valence-corrected chi connectivity index (χ4v) is 4.41. The number of nitrogens with one attached hydrogen (secondary N) is 1. The summed E-state index contributed by atoms with van der Waals surface area (Å²) < 4.78 is 5.84. The van der Waals surface area contributed by atoms with Gasteiger partial charge in [-0.2, -0.15) is 5.26 Å². The van der Waals surface area contributed by atoms with Crippen molar-refractivity contribution in [3.63, 3.8) is 0 Å². The first kappa shape index (κ1) is 16.9. The smallest absolute Gasteiger partial charge is 0.317 e. The van der Waals surface area contributed by atoms with Gasteiger partial charge in [0.2, 0.25) is 0 Å². The summed E-state index contributed by atoms with van der Waals surface area (Å²) in [4.78, 5) is 14.3. The largest absolute Gasteiger partial charge is 0.459 e. The van der Waals surface area contributed by atoms with E-state index >= 15 is 0 Å². The van der Waals surface area contributed by atoms with Crippen LogP contribution in [0.15, 0.2) is 28.7 Å². The van der Waals surface area contributed by atoms with Gasteiger partial charge in [0.05, 0.1) is 24.6 Å². The lowest BCUT2D eigenvalue weighted by molar-refractivity contribution is 0.135. The topological polar surface area (TPSA) is 89.5 Å². The summed E-state index contributed by atoms with van der Waals surface area (Å²) in [5, 5.41) is 22.9. The maximum Gasteiger partial charge on any atom is 0.317 e. The molecule has 1 unspecified atom stereocenters. The summed E-state index contributed by atoms with van der Waals surface area (Å²) in [7, 11) is 0. The van der Waals surface area contributed by atoms with Crippen LogP contribution in [0.2, 0.25) is 0 Å². The standard InChI is InChI=1S/C20H23N3O3/c1-14-15-4-2-3-5-16(15)26-17(14)10-22-18(25)23-8-6-19(7-9-23)11-20(19,12-21)13-24/h2-5,24H,6-11,13H2,1H3,(H,22,25). The first-order valence-corrected chi connectivity index (χ1v) is 9.06. The molecule has 2 heterocycles. The number of likely N-dealkylation sites (tertiary alicyclic amines) is 1. The molecule has 1 aromatic heterocycles. The van der Waals surface area contributed by atoms with E-state index in [1.807, 2.05) is 31.2 Å². The average molecular weight is 353 g/mol. The van der Waals surface area contributed by atoms with Crippen LogP contribution >= 0.6 is 0 Å². The number of carbonyl (C=O) groups is 1. The molecule has 136 valence electrons. The predicted octanol–water partition coefficient (Wildman–Crippen LogP) is 2.94. The van der Waals surface area contributed by atoms with E-state index in [1.165, 1.54) is 0 Å². The number of nitrogens with zero attached hydrogens (tertiary/aromatic N) is 2. The second-order valence-electron chi connectivity index (χ2n) is 7.60. The van der Waals surface area contributed by atoms with Gasteiger partial charge >= 0.3 is 6.03 Å². The third-order valence-electron chi connectivity index (χ3n) is 6.36. The van der Waals surface area contributed by atoms with Crippen molar-refractivity contribution >= 4 is 17.0 Å². The Bertz CT molecular complexity index is 889. The average Bonchev–Trinajstić information content (AvgIpc) is 3.19. The number of benzene rings is 1. The third kappa shape index (κ3) is 2.46. The molecule has 6 heteroatoms. The highest BCUT2D eigenvalue weighted by atomic mass is 16.3. The van der Waals surface area contributed by atoms with Crippen molar-refractivity contribution in [2.75, 3.05) is 19.7 Å². The number of hydrogen-bond acceptors (Lipinski definition) is 4. The number of fused-ring (bicyclic) bond motifs is 1. The van der Waals surface area contributed by atoms with Crippen LogP contribution in [0.25, 0.3) is 11.0 Å². The molecule has 2 N–H and O–H groups in total. The van der Waals surface area contributed by atoms with E-state index in [2.05, 4.69) is 11.4 Å². The molecule has 2 aromatic rings. The van der Waals surface area contributed by atoms with Crippen molar-refractivity contribution in [2.24, 2.45) is 10.8 Å². The van der Waals surface area contributed by atoms with E-state index in [9.17, 15) is 15.2 Å². The van der Waals surface area contributed by atoms with Crippen LogP contribution < -0.4 is 5.32 Å². The van der Waals surface area contributed by atoms with Crippen LogP contribution in [0, 0.1) is 29.1 Å². The number of urea groups is 1. The number of aliphatic hydroxyl groups is 1. The number of aliphatic hydroxyl groups excluding tert-OH is 1. The fourth-order valence-electron chi connectivity index (χ4n) is 4.41. The van der Waals surface area contributed by atoms with Crippen molar-refractivity contribution in [1.82, 2.24) is 10.2 Å². The van der Waals surface area contributed by atoms with E-state index in [4.69, 9.17) is 4.42 Å². The molecule has 4 rings (SSSR count). The predicted molar refractivity (Wildman–Crippen MR) is 96.2 cm³/mol. The number of hydrogen-bond donors (Lipinski definition) is 2. The second-order valence-corrected chi connectivity index (χ2v) is 7.60. The van der Waals surface area contributed by atoms with Gasteiger partial charge in [0.15, 0.2) is 0 Å². The maximum atomic E-state index is 12.5. The van der Waals surface area contributed by atoms with E-state index in [0.717, 1.165) is 41.6 Å². The zero-order chi connectivity index (χ0) is 18.4. The Morgan fingerprint density at radius 3 is 2.73 bits per heavy atom. The maximum absolute atomic E-state index is 12.5. The molecule has 26 heavy (non-hydrogen) atoms. The molecular formula is C20H23N3O3. The van der Waals surface area contributed by atoms with Gasteiger partial charge in [0, 0.05) is 24.0 Å². The zero-order valence-corrected chi connectivity index (χ0v) is 14.9. The van der Waals surface area contributed by atoms with Gasteiger partial charge < -0.3 is 19.7 Å². The molecule has 1 saturated carbocycles. The number of rotatable bonds is 3. The van der Waals surface area contributed by atoms with Crippen molar-refractivity contribution in [2.45, 2.75) is 32.7 Å². The van der Waals surface area contributed by atoms with Crippen LogP contribution in [0.4, 0.5) is 4.79 Å². The molecule has 0 bridgehead atoms. The van der Waals surface area contributed by atoms with Crippen molar-refractivity contribution < 1.29 is 14.3 Å². The first-order valence-electron chi connectivity index (χ1n) is 9.06. The Labute approximate surface area is 152 Å². The van der Waals surface area contributed by atoms with E-state index < -0.39 is 5.41 Å². The van der Waals surface area contributed by atoms with E-state index in [1.54, 1.807) is 4.90 Å². The molecular weight excluding hydrogens is 330 g/mol. The summed E-state index contributed by atoms with van der Waals surface area (Å²) in [5.41, 5.74) is 1.21. The molecule has 1 aliphatic carbocycles. The van der Waals surface area contributed by atoms with E-state index in [0.29, 0.717) is 19.6 Å². The van der Waals surface area contributed by atoms with Gasteiger partial charge in [-0.1, -0.05) is 18.2 Å². The SMILES string of the molecule is Cc1c(CNC(=O)N2CCC3(CC2)CC3(C#N)CO)oc2ccccc12. The van der Waals surface area contributed by atoms with Crippen molar-refractivity contribution in [3.05, 3.63) is 35.6 Å². The van der Waals surface area contributed by atoms with Crippen LogP contribution in [0.1, 0.15) is 30.6 Å². The number of nitriles is 1. The summed E-state index contributed by atoms with van der Waals surface area (Å²) >= 11 is 0. The molecule has 2 amide bonds. The molecule has 2 aliphatic rings. The highest BCUT2D eigenvalue weighted by Crippen LogP contribution is 2.68. The zero-order valence-electron chi connectivity index (χ0n) is 14.9. The van der Waals surface area contributed by atoms with Crippen LogP contribution in [0.5, 0.6) is 0 Å². The lowest BCUT2D eigenvalue weighted by Gasteiger charge is -2.33. The lowest BCUT2D eigenvalue weighted by atomic mass is 9.85. The van der Waals surface area contributed by atoms with Crippen LogP contribution in [0.3, 0.4) is 0 Å². The number of para-hydroxylation sites is 1. The highest BCUT2D eigenvalue weighted by molar-refractivity contribution is 5.82. The Morgan fingerprint density at radius 1 is 1.38 bits per heavy atom. The first-order chi connectivity index (χ1) is 12.5. The Morgan fingerprint density at radius 2 is 2.12 bits per heavy atom. The highest BCUT2D eigenvalue weighted by Gasteiger charge is 2.68. The molecule has 1 saturated heterocycles. The monoisotopic (exact) mass is 353 g/mol. The fraction of sp³-hybridized carbons (Fsp3) is 0.500. The van der Waals surface area contributed by atoms with Crippen LogP contribution in [-0.4, -0.2) is 35.7 Å². The quantitative estimate of drug-likeness (QED) is 0.888. The molecule has 6 nitrogen and oxygen atoms in total. The normalized spacial score (nSPS) is 23.8. The van der Waals surface area contributed by atoms with Crippen molar-refractivity contribution in [1.29, 1.82) is 5.26 Å². The van der Waals surface area contributed by atoms with Gasteiger partial charge in [0.1, 0.15) is 11.3 Å².